The van der Waals surface area contributed by atoms with Crippen molar-refractivity contribution in [2.45, 2.75) is 26.1 Å². The molecule has 0 saturated carbocycles. The number of esters is 1. The Morgan fingerprint density at radius 2 is 2.27 bits per heavy atom. The van der Waals surface area contributed by atoms with Gasteiger partial charge < -0.3 is 9.47 Å². The van der Waals surface area contributed by atoms with Gasteiger partial charge in [0, 0.05) is 25.7 Å². The lowest BCUT2D eigenvalue weighted by atomic mass is 10.1. The standard InChI is InChI=1S/C10H12N2O3/c1-7(13)14-5-8-4-9-10(6-15-8)12-3-2-11-9/h2-3,8H,4-6H2,1H3. The molecule has 1 aliphatic rings. The molecule has 1 aromatic rings. The molecule has 80 valence electrons. The van der Waals surface area contributed by atoms with Crippen molar-refractivity contribution in [1.29, 1.82) is 0 Å². The summed E-state index contributed by atoms with van der Waals surface area (Å²) in [6.07, 6.45) is 3.86. The number of carbonyl (C=O) groups is 1. The number of carbonyl (C=O) groups excluding carboxylic acids is 1. The number of fused-ring (bicyclic) bond motifs is 1. The third kappa shape index (κ3) is 2.50. The van der Waals surface area contributed by atoms with E-state index >= 15 is 0 Å². The highest BCUT2D eigenvalue weighted by Gasteiger charge is 2.21. The lowest BCUT2D eigenvalue weighted by Crippen LogP contribution is -2.29. The van der Waals surface area contributed by atoms with E-state index in [0.717, 1.165) is 11.4 Å². The van der Waals surface area contributed by atoms with E-state index < -0.39 is 0 Å². The van der Waals surface area contributed by atoms with Gasteiger partial charge in [-0.1, -0.05) is 0 Å². The van der Waals surface area contributed by atoms with Crippen LogP contribution in [0.5, 0.6) is 0 Å². The Kier molecular flexibility index (Phi) is 2.91. The molecule has 15 heavy (non-hydrogen) atoms. The first-order valence-electron chi connectivity index (χ1n) is 4.79. The minimum Gasteiger partial charge on any atom is -0.463 e. The van der Waals surface area contributed by atoms with Gasteiger partial charge in [0.05, 0.1) is 24.1 Å². The summed E-state index contributed by atoms with van der Waals surface area (Å²) in [5.74, 6) is -0.288. The Morgan fingerprint density at radius 1 is 1.53 bits per heavy atom. The predicted octanol–water partition coefficient (Wildman–Crippen LogP) is 0.481. The average molecular weight is 208 g/mol. The Bertz CT molecular complexity index is 367. The minimum atomic E-state index is -0.288. The van der Waals surface area contributed by atoms with E-state index in [4.69, 9.17) is 9.47 Å². The van der Waals surface area contributed by atoms with E-state index in [2.05, 4.69) is 9.97 Å². The third-order valence-corrected chi connectivity index (χ3v) is 2.21. The molecule has 0 aromatic carbocycles. The SMILES string of the molecule is CC(=O)OCC1Cc2nccnc2CO1. The van der Waals surface area contributed by atoms with Crippen LogP contribution < -0.4 is 0 Å². The van der Waals surface area contributed by atoms with Gasteiger partial charge in [0.2, 0.25) is 0 Å². The fourth-order valence-corrected chi connectivity index (χ4v) is 1.48. The summed E-state index contributed by atoms with van der Waals surface area (Å²) < 4.78 is 10.4. The van der Waals surface area contributed by atoms with Gasteiger partial charge in [-0.2, -0.15) is 0 Å². The maximum absolute atomic E-state index is 10.6. The quantitative estimate of drug-likeness (QED) is 0.661. The van der Waals surface area contributed by atoms with Gasteiger partial charge in [0.1, 0.15) is 6.61 Å². The minimum absolute atomic E-state index is 0.0990. The molecule has 0 radical (unpaired) electrons. The second-order valence-corrected chi connectivity index (χ2v) is 3.39. The molecule has 5 nitrogen and oxygen atoms in total. The highest BCUT2D eigenvalue weighted by Crippen LogP contribution is 2.16. The predicted molar refractivity (Wildman–Crippen MR) is 50.9 cm³/mol. The number of nitrogens with zero attached hydrogens (tertiary/aromatic N) is 2. The van der Waals surface area contributed by atoms with Crippen molar-refractivity contribution < 1.29 is 14.3 Å². The van der Waals surface area contributed by atoms with Gasteiger partial charge in [-0.25, -0.2) is 0 Å². The molecule has 1 aromatic heterocycles. The molecular weight excluding hydrogens is 196 g/mol. The fraction of sp³-hybridized carbons (Fsp3) is 0.500. The first-order valence-corrected chi connectivity index (χ1v) is 4.79. The molecule has 1 aliphatic heterocycles. The first kappa shape index (κ1) is 10.0. The number of ether oxygens (including phenoxy) is 2. The Hall–Kier alpha value is -1.49. The van der Waals surface area contributed by atoms with Crippen molar-refractivity contribution in [1.82, 2.24) is 9.97 Å². The molecule has 0 saturated heterocycles. The lowest BCUT2D eigenvalue weighted by molar-refractivity contribution is -0.146. The number of aromatic nitrogens is 2. The van der Waals surface area contributed by atoms with Gasteiger partial charge in [-0.05, 0) is 0 Å². The van der Waals surface area contributed by atoms with Gasteiger partial charge in [-0.15, -0.1) is 0 Å². The van der Waals surface area contributed by atoms with Gasteiger partial charge in [-0.3, -0.25) is 14.8 Å². The maximum atomic E-state index is 10.6. The molecular formula is C10H12N2O3. The van der Waals surface area contributed by atoms with Crippen LogP contribution in [-0.2, 0) is 27.3 Å². The number of hydrogen-bond donors (Lipinski definition) is 0. The molecule has 0 N–H and O–H groups in total. The van der Waals surface area contributed by atoms with E-state index in [1.165, 1.54) is 6.92 Å². The van der Waals surface area contributed by atoms with E-state index in [1.54, 1.807) is 12.4 Å². The Labute approximate surface area is 87.4 Å². The summed E-state index contributed by atoms with van der Waals surface area (Å²) in [7, 11) is 0. The summed E-state index contributed by atoms with van der Waals surface area (Å²) in [5, 5.41) is 0. The highest BCUT2D eigenvalue weighted by molar-refractivity contribution is 5.65. The molecule has 2 heterocycles. The van der Waals surface area contributed by atoms with Crippen molar-refractivity contribution in [2.75, 3.05) is 6.61 Å². The average Bonchev–Trinajstić information content (AvgIpc) is 2.26. The zero-order chi connectivity index (χ0) is 10.7. The second kappa shape index (κ2) is 4.35. The molecule has 1 unspecified atom stereocenters. The van der Waals surface area contributed by atoms with Crippen molar-refractivity contribution in [3.05, 3.63) is 23.8 Å². The Morgan fingerprint density at radius 3 is 3.00 bits per heavy atom. The van der Waals surface area contributed by atoms with E-state index in [-0.39, 0.29) is 18.7 Å². The molecule has 0 aliphatic carbocycles. The summed E-state index contributed by atoms with van der Waals surface area (Å²) >= 11 is 0. The van der Waals surface area contributed by atoms with Crippen LogP contribution in [-0.4, -0.2) is 28.6 Å². The first-order chi connectivity index (χ1) is 7.25. The summed E-state index contributed by atoms with van der Waals surface area (Å²) in [4.78, 5) is 19.0. The third-order valence-electron chi connectivity index (χ3n) is 2.21. The van der Waals surface area contributed by atoms with Crippen LogP contribution in [0.1, 0.15) is 18.3 Å². The number of hydrogen-bond acceptors (Lipinski definition) is 5. The maximum Gasteiger partial charge on any atom is 0.302 e. The van der Waals surface area contributed by atoms with Gasteiger partial charge in [0.25, 0.3) is 0 Å². The molecule has 0 bridgehead atoms. The zero-order valence-corrected chi connectivity index (χ0v) is 8.47. The molecule has 5 heteroatoms. The van der Waals surface area contributed by atoms with Gasteiger partial charge >= 0.3 is 5.97 Å². The second-order valence-electron chi connectivity index (χ2n) is 3.39. The monoisotopic (exact) mass is 208 g/mol. The Balaban J connectivity index is 1.96. The van der Waals surface area contributed by atoms with Crippen LogP contribution in [0.4, 0.5) is 0 Å². The van der Waals surface area contributed by atoms with Crippen LogP contribution in [0.2, 0.25) is 0 Å². The van der Waals surface area contributed by atoms with Crippen molar-refractivity contribution in [3.63, 3.8) is 0 Å². The van der Waals surface area contributed by atoms with E-state index in [9.17, 15) is 4.79 Å². The van der Waals surface area contributed by atoms with Crippen LogP contribution in [0.15, 0.2) is 12.4 Å². The summed E-state index contributed by atoms with van der Waals surface area (Å²) in [6.45, 7) is 2.11. The topological polar surface area (TPSA) is 61.3 Å². The molecule has 0 amide bonds. The van der Waals surface area contributed by atoms with Gasteiger partial charge in [0.15, 0.2) is 0 Å². The van der Waals surface area contributed by atoms with Crippen LogP contribution in [0, 0.1) is 0 Å². The molecule has 0 spiro atoms. The molecule has 0 fully saturated rings. The normalized spacial score (nSPS) is 19.4. The fourth-order valence-electron chi connectivity index (χ4n) is 1.48. The van der Waals surface area contributed by atoms with E-state index in [1.807, 2.05) is 0 Å². The van der Waals surface area contributed by atoms with Crippen molar-refractivity contribution in [2.24, 2.45) is 0 Å². The molecule has 2 rings (SSSR count). The lowest BCUT2D eigenvalue weighted by Gasteiger charge is -2.22. The molecule has 1 atom stereocenters. The van der Waals surface area contributed by atoms with Crippen molar-refractivity contribution >= 4 is 5.97 Å². The summed E-state index contributed by atoms with van der Waals surface area (Å²) in [5.41, 5.74) is 1.80. The van der Waals surface area contributed by atoms with Crippen LogP contribution in [0.3, 0.4) is 0 Å². The zero-order valence-electron chi connectivity index (χ0n) is 8.47. The van der Waals surface area contributed by atoms with E-state index in [0.29, 0.717) is 13.0 Å². The van der Waals surface area contributed by atoms with Crippen molar-refractivity contribution in [3.8, 4) is 0 Å². The highest BCUT2D eigenvalue weighted by atomic mass is 16.6. The largest absolute Gasteiger partial charge is 0.463 e. The van der Waals surface area contributed by atoms with Crippen LogP contribution in [0.25, 0.3) is 0 Å². The van der Waals surface area contributed by atoms with Crippen LogP contribution >= 0.6 is 0 Å². The number of rotatable bonds is 2. The summed E-state index contributed by atoms with van der Waals surface area (Å²) in [6, 6.07) is 0. The smallest absolute Gasteiger partial charge is 0.302 e.